The second-order valence-corrected chi connectivity index (χ2v) is 5.41. The third-order valence-electron chi connectivity index (χ3n) is 4.14. The summed E-state index contributed by atoms with van der Waals surface area (Å²) in [6.45, 7) is 2.47. The predicted molar refractivity (Wildman–Crippen MR) is 72.4 cm³/mol. The van der Waals surface area contributed by atoms with Crippen LogP contribution in [0.25, 0.3) is 0 Å². The molecule has 0 aromatic heterocycles. The van der Waals surface area contributed by atoms with Crippen molar-refractivity contribution < 1.29 is 5.11 Å². The SMILES string of the molecule is CC(CCO)c1ccc(C2CCCCC2)cc1. The summed E-state index contributed by atoms with van der Waals surface area (Å²) in [5.74, 6) is 1.27. The van der Waals surface area contributed by atoms with Gasteiger partial charge in [-0.25, -0.2) is 0 Å². The van der Waals surface area contributed by atoms with Crippen molar-refractivity contribution in [3.8, 4) is 0 Å². The van der Waals surface area contributed by atoms with Crippen molar-refractivity contribution >= 4 is 0 Å². The van der Waals surface area contributed by atoms with Crippen LogP contribution in [-0.2, 0) is 0 Å². The zero-order valence-corrected chi connectivity index (χ0v) is 10.9. The highest BCUT2D eigenvalue weighted by Crippen LogP contribution is 2.33. The molecular weight excluding hydrogens is 208 g/mol. The fourth-order valence-electron chi connectivity index (χ4n) is 2.89. The Hall–Kier alpha value is -0.820. The van der Waals surface area contributed by atoms with Gasteiger partial charge in [0, 0.05) is 6.61 Å². The molecule has 94 valence electrons. The molecule has 0 amide bonds. The van der Waals surface area contributed by atoms with Gasteiger partial charge in [0.05, 0.1) is 0 Å². The number of aliphatic hydroxyl groups is 1. The Morgan fingerprint density at radius 2 is 1.76 bits per heavy atom. The third kappa shape index (κ3) is 3.32. The van der Waals surface area contributed by atoms with Crippen LogP contribution in [0, 0.1) is 0 Å². The van der Waals surface area contributed by atoms with Crippen molar-refractivity contribution in [3.63, 3.8) is 0 Å². The molecule has 1 aliphatic rings. The van der Waals surface area contributed by atoms with Crippen LogP contribution < -0.4 is 0 Å². The van der Waals surface area contributed by atoms with Crippen molar-refractivity contribution in [2.45, 2.75) is 57.3 Å². The lowest BCUT2D eigenvalue weighted by Gasteiger charge is -2.22. The zero-order chi connectivity index (χ0) is 12.1. The molecule has 1 aromatic carbocycles. The minimum atomic E-state index is 0.283. The molecule has 1 saturated carbocycles. The van der Waals surface area contributed by atoms with E-state index in [9.17, 15) is 0 Å². The summed E-state index contributed by atoms with van der Waals surface area (Å²) in [6, 6.07) is 9.12. The molecule has 1 nitrogen and oxygen atoms in total. The Bertz CT molecular complexity index is 322. The predicted octanol–water partition coefficient (Wildman–Crippen LogP) is 4.22. The molecule has 0 bridgehead atoms. The first-order valence-electron chi connectivity index (χ1n) is 7.02. The van der Waals surface area contributed by atoms with E-state index in [-0.39, 0.29) is 6.61 Å². The topological polar surface area (TPSA) is 20.2 Å². The maximum Gasteiger partial charge on any atom is 0.0436 e. The second-order valence-electron chi connectivity index (χ2n) is 5.41. The van der Waals surface area contributed by atoms with Crippen LogP contribution in [0.2, 0.25) is 0 Å². The summed E-state index contributed by atoms with van der Waals surface area (Å²) in [4.78, 5) is 0. The number of rotatable bonds is 4. The van der Waals surface area contributed by atoms with Gasteiger partial charge >= 0.3 is 0 Å². The van der Waals surface area contributed by atoms with Crippen LogP contribution in [-0.4, -0.2) is 11.7 Å². The van der Waals surface area contributed by atoms with Crippen LogP contribution >= 0.6 is 0 Å². The van der Waals surface area contributed by atoms with Gasteiger partial charge in [-0.2, -0.15) is 0 Å². The highest BCUT2D eigenvalue weighted by atomic mass is 16.3. The molecule has 1 aliphatic carbocycles. The standard InChI is InChI=1S/C16H24O/c1-13(11-12-17)14-7-9-16(10-8-14)15-5-3-2-4-6-15/h7-10,13,15,17H,2-6,11-12H2,1H3. The summed E-state index contributed by atoms with van der Waals surface area (Å²) in [6.07, 6.45) is 7.81. The lowest BCUT2D eigenvalue weighted by Crippen LogP contribution is -2.05. The lowest BCUT2D eigenvalue weighted by atomic mass is 9.83. The average molecular weight is 232 g/mol. The molecule has 0 heterocycles. The van der Waals surface area contributed by atoms with Crippen molar-refractivity contribution in [1.29, 1.82) is 0 Å². The first-order chi connectivity index (χ1) is 8.31. The largest absolute Gasteiger partial charge is 0.396 e. The van der Waals surface area contributed by atoms with Crippen LogP contribution in [0.5, 0.6) is 0 Å². The highest BCUT2D eigenvalue weighted by molar-refractivity contribution is 5.27. The Balaban J connectivity index is 2.01. The van der Waals surface area contributed by atoms with Crippen molar-refractivity contribution in [3.05, 3.63) is 35.4 Å². The maximum atomic E-state index is 8.96. The van der Waals surface area contributed by atoms with E-state index in [4.69, 9.17) is 5.11 Å². The van der Waals surface area contributed by atoms with E-state index in [0.717, 1.165) is 12.3 Å². The first-order valence-corrected chi connectivity index (χ1v) is 7.02. The van der Waals surface area contributed by atoms with Gasteiger partial charge in [0.1, 0.15) is 0 Å². The number of benzene rings is 1. The summed E-state index contributed by atoms with van der Waals surface area (Å²) in [5.41, 5.74) is 2.88. The molecule has 1 fully saturated rings. The van der Waals surface area contributed by atoms with Crippen LogP contribution in [0.15, 0.2) is 24.3 Å². The van der Waals surface area contributed by atoms with E-state index in [1.807, 2.05) is 0 Å². The van der Waals surface area contributed by atoms with Gasteiger partial charge in [0.15, 0.2) is 0 Å². The average Bonchev–Trinajstić information content (AvgIpc) is 2.40. The number of hydrogen-bond acceptors (Lipinski definition) is 1. The Labute approximate surface area is 105 Å². The van der Waals surface area contributed by atoms with Crippen molar-refractivity contribution in [1.82, 2.24) is 0 Å². The normalized spacial score (nSPS) is 19.2. The van der Waals surface area contributed by atoms with Gasteiger partial charge in [0.2, 0.25) is 0 Å². The maximum absolute atomic E-state index is 8.96. The third-order valence-corrected chi connectivity index (χ3v) is 4.14. The van der Waals surface area contributed by atoms with E-state index < -0.39 is 0 Å². The molecule has 2 rings (SSSR count). The Morgan fingerprint density at radius 3 is 2.35 bits per heavy atom. The quantitative estimate of drug-likeness (QED) is 0.824. The minimum absolute atomic E-state index is 0.283. The molecule has 1 N–H and O–H groups in total. The van der Waals surface area contributed by atoms with E-state index in [1.165, 1.54) is 43.2 Å². The van der Waals surface area contributed by atoms with Crippen molar-refractivity contribution in [2.24, 2.45) is 0 Å². The van der Waals surface area contributed by atoms with Crippen LogP contribution in [0.4, 0.5) is 0 Å². The molecule has 1 aromatic rings. The number of hydrogen-bond donors (Lipinski definition) is 1. The zero-order valence-electron chi connectivity index (χ0n) is 10.9. The van der Waals surface area contributed by atoms with Gasteiger partial charge in [0.25, 0.3) is 0 Å². The van der Waals surface area contributed by atoms with Crippen molar-refractivity contribution in [2.75, 3.05) is 6.61 Å². The summed E-state index contributed by atoms with van der Waals surface area (Å²) in [5, 5.41) is 8.96. The van der Waals surface area contributed by atoms with Crippen LogP contribution in [0.3, 0.4) is 0 Å². The monoisotopic (exact) mass is 232 g/mol. The fraction of sp³-hybridized carbons (Fsp3) is 0.625. The minimum Gasteiger partial charge on any atom is -0.396 e. The van der Waals surface area contributed by atoms with Gasteiger partial charge in [-0.15, -0.1) is 0 Å². The molecule has 1 heteroatoms. The molecule has 0 aliphatic heterocycles. The molecule has 1 atom stereocenters. The van der Waals surface area contributed by atoms with Gasteiger partial charge in [-0.1, -0.05) is 50.5 Å². The van der Waals surface area contributed by atoms with Crippen LogP contribution in [0.1, 0.15) is 68.4 Å². The van der Waals surface area contributed by atoms with E-state index >= 15 is 0 Å². The molecule has 17 heavy (non-hydrogen) atoms. The summed E-state index contributed by atoms with van der Waals surface area (Å²) >= 11 is 0. The van der Waals surface area contributed by atoms with E-state index in [1.54, 1.807) is 0 Å². The highest BCUT2D eigenvalue weighted by Gasteiger charge is 2.15. The Kier molecular flexibility index (Phi) is 4.61. The van der Waals surface area contributed by atoms with Gasteiger partial charge < -0.3 is 5.11 Å². The molecular formula is C16H24O. The number of aliphatic hydroxyl groups excluding tert-OH is 1. The molecule has 1 unspecified atom stereocenters. The van der Waals surface area contributed by atoms with E-state index in [2.05, 4.69) is 31.2 Å². The Morgan fingerprint density at radius 1 is 1.12 bits per heavy atom. The molecule has 0 saturated heterocycles. The summed E-state index contributed by atoms with van der Waals surface area (Å²) in [7, 11) is 0. The lowest BCUT2D eigenvalue weighted by molar-refractivity contribution is 0.278. The smallest absolute Gasteiger partial charge is 0.0436 e. The van der Waals surface area contributed by atoms with Gasteiger partial charge in [-0.3, -0.25) is 0 Å². The summed E-state index contributed by atoms with van der Waals surface area (Å²) < 4.78 is 0. The van der Waals surface area contributed by atoms with E-state index in [0.29, 0.717) is 5.92 Å². The molecule has 0 radical (unpaired) electrons. The molecule has 0 spiro atoms. The second kappa shape index (κ2) is 6.20. The first kappa shape index (κ1) is 12.6. The fourth-order valence-corrected chi connectivity index (χ4v) is 2.89. The van der Waals surface area contributed by atoms with Gasteiger partial charge in [-0.05, 0) is 42.2 Å².